The van der Waals surface area contributed by atoms with Crippen LogP contribution in [0.25, 0.3) is 0 Å². The van der Waals surface area contributed by atoms with Crippen molar-refractivity contribution in [1.82, 2.24) is 0 Å². The van der Waals surface area contributed by atoms with Gasteiger partial charge in [0.05, 0.1) is 23.7 Å². The molecule has 0 saturated carbocycles. The average molecular weight is 244 g/mol. The van der Waals surface area contributed by atoms with Crippen molar-refractivity contribution < 1.29 is 19.2 Å². The van der Waals surface area contributed by atoms with Gasteiger partial charge >= 0.3 is 0 Å². The average Bonchev–Trinajstić information content (AvgIpc) is 2.26. The zero-order chi connectivity index (χ0) is 12.8. The lowest BCUT2D eigenvalue weighted by Crippen LogP contribution is -2.24. The molecule has 0 radical (unpaired) electrons. The summed E-state index contributed by atoms with van der Waals surface area (Å²) in [7, 11) is 1.44. The van der Waals surface area contributed by atoms with Crippen LogP contribution in [0, 0.1) is 15.9 Å². The van der Waals surface area contributed by atoms with Crippen LogP contribution in [0.1, 0.15) is 0 Å². The molecule has 94 valence electrons. The third kappa shape index (κ3) is 4.33. The van der Waals surface area contributed by atoms with Crippen molar-refractivity contribution in [3.63, 3.8) is 0 Å². The monoisotopic (exact) mass is 244 g/mol. The second-order valence-corrected chi connectivity index (χ2v) is 3.45. The van der Waals surface area contributed by atoms with E-state index in [1.807, 2.05) is 0 Å². The van der Waals surface area contributed by atoms with Gasteiger partial charge in [0.2, 0.25) is 0 Å². The lowest BCUT2D eigenvalue weighted by Gasteiger charge is -2.11. The highest BCUT2D eigenvalue weighted by molar-refractivity contribution is 5.51. The van der Waals surface area contributed by atoms with Gasteiger partial charge in [0.25, 0.3) is 5.69 Å². The quantitative estimate of drug-likeness (QED) is 0.579. The van der Waals surface area contributed by atoms with E-state index >= 15 is 0 Å². The van der Waals surface area contributed by atoms with Gasteiger partial charge < -0.3 is 15.2 Å². The first-order chi connectivity index (χ1) is 8.02. The van der Waals surface area contributed by atoms with Gasteiger partial charge in [0, 0.05) is 25.4 Å². The van der Waals surface area contributed by atoms with Gasteiger partial charge in [-0.1, -0.05) is 0 Å². The molecule has 0 fully saturated rings. The van der Waals surface area contributed by atoms with Crippen LogP contribution in [0.3, 0.4) is 0 Å². The smallest absolute Gasteiger partial charge is 0.274 e. The minimum atomic E-state index is -0.762. The maximum Gasteiger partial charge on any atom is 0.274 e. The fourth-order valence-electron chi connectivity index (χ4n) is 1.27. The third-order valence-corrected chi connectivity index (χ3v) is 1.99. The Kier molecular flexibility index (Phi) is 4.80. The van der Waals surface area contributed by atoms with Crippen molar-refractivity contribution in [2.45, 2.75) is 6.10 Å². The summed E-state index contributed by atoms with van der Waals surface area (Å²) < 4.78 is 17.7. The number of benzene rings is 1. The second-order valence-electron chi connectivity index (χ2n) is 3.45. The van der Waals surface area contributed by atoms with E-state index in [0.717, 1.165) is 12.1 Å². The number of halogens is 1. The summed E-state index contributed by atoms with van der Waals surface area (Å²) in [5.41, 5.74) is -0.0967. The summed E-state index contributed by atoms with van der Waals surface area (Å²) in [5.74, 6) is -0.706. The van der Waals surface area contributed by atoms with Gasteiger partial charge in [-0.3, -0.25) is 10.1 Å². The molecule has 0 spiro atoms. The number of hydrogen-bond donors (Lipinski definition) is 2. The lowest BCUT2D eigenvalue weighted by molar-refractivity contribution is -0.385. The van der Waals surface area contributed by atoms with Gasteiger partial charge in [-0.05, 0) is 6.07 Å². The van der Waals surface area contributed by atoms with Crippen LogP contribution in [0.2, 0.25) is 0 Å². The summed E-state index contributed by atoms with van der Waals surface area (Å²) in [6.07, 6.45) is -0.762. The van der Waals surface area contributed by atoms with Crippen molar-refractivity contribution in [2.75, 3.05) is 25.6 Å². The largest absolute Gasteiger partial charge is 0.389 e. The summed E-state index contributed by atoms with van der Waals surface area (Å²) >= 11 is 0. The number of aliphatic hydroxyl groups excluding tert-OH is 1. The molecule has 1 aromatic carbocycles. The first-order valence-electron chi connectivity index (χ1n) is 4.88. The number of aliphatic hydroxyl groups is 1. The van der Waals surface area contributed by atoms with E-state index in [1.165, 1.54) is 13.2 Å². The Hall–Kier alpha value is -1.73. The van der Waals surface area contributed by atoms with E-state index in [-0.39, 0.29) is 24.5 Å². The lowest BCUT2D eigenvalue weighted by atomic mass is 10.2. The van der Waals surface area contributed by atoms with E-state index in [0.29, 0.717) is 0 Å². The molecule has 0 saturated heterocycles. The number of anilines is 1. The predicted molar refractivity (Wildman–Crippen MR) is 59.4 cm³/mol. The number of nitro benzene ring substituents is 1. The van der Waals surface area contributed by atoms with E-state index < -0.39 is 16.8 Å². The molecule has 1 unspecified atom stereocenters. The Labute approximate surface area is 97.2 Å². The highest BCUT2D eigenvalue weighted by atomic mass is 19.1. The SMILES string of the molecule is COCC(O)CNc1cc(F)cc([N+](=O)[O-])c1. The summed E-state index contributed by atoms with van der Waals surface area (Å²) in [4.78, 5) is 9.81. The number of nitrogens with zero attached hydrogens (tertiary/aromatic N) is 1. The number of ether oxygens (including phenoxy) is 1. The number of nitro groups is 1. The molecule has 0 amide bonds. The number of methoxy groups -OCH3 is 1. The van der Waals surface area contributed by atoms with Crippen molar-refractivity contribution >= 4 is 11.4 Å². The zero-order valence-corrected chi connectivity index (χ0v) is 9.22. The summed E-state index contributed by atoms with van der Waals surface area (Å²) in [6.45, 7) is 0.249. The van der Waals surface area contributed by atoms with Crippen LogP contribution in [0.15, 0.2) is 18.2 Å². The Morgan fingerprint density at radius 1 is 1.59 bits per heavy atom. The fraction of sp³-hybridized carbons (Fsp3) is 0.400. The summed E-state index contributed by atoms with van der Waals surface area (Å²) in [6, 6.07) is 3.14. The molecule has 6 nitrogen and oxygen atoms in total. The standard InChI is InChI=1S/C10H13FN2O4/c1-17-6-10(14)5-12-8-2-7(11)3-9(4-8)13(15)16/h2-4,10,12,14H,5-6H2,1H3. The Morgan fingerprint density at radius 3 is 2.88 bits per heavy atom. The predicted octanol–water partition coefficient (Wildman–Crippen LogP) is 1.15. The summed E-state index contributed by atoms with van der Waals surface area (Å²) in [5, 5.41) is 22.5. The van der Waals surface area contributed by atoms with Gasteiger partial charge in [-0.2, -0.15) is 0 Å². The molecule has 0 bridgehead atoms. The van der Waals surface area contributed by atoms with E-state index in [1.54, 1.807) is 0 Å². The van der Waals surface area contributed by atoms with Crippen molar-refractivity contribution in [3.8, 4) is 0 Å². The molecule has 0 aromatic heterocycles. The van der Waals surface area contributed by atoms with Gasteiger partial charge in [0.15, 0.2) is 0 Å². The number of hydrogen-bond acceptors (Lipinski definition) is 5. The number of nitrogens with one attached hydrogen (secondary N) is 1. The van der Waals surface area contributed by atoms with Crippen molar-refractivity contribution in [3.05, 3.63) is 34.1 Å². The van der Waals surface area contributed by atoms with Crippen LogP contribution in [0.4, 0.5) is 15.8 Å². The van der Waals surface area contributed by atoms with Crippen LogP contribution < -0.4 is 5.32 Å². The van der Waals surface area contributed by atoms with Gasteiger partial charge in [-0.15, -0.1) is 0 Å². The van der Waals surface area contributed by atoms with E-state index in [4.69, 9.17) is 4.74 Å². The molecule has 0 aliphatic heterocycles. The molecular weight excluding hydrogens is 231 g/mol. The van der Waals surface area contributed by atoms with Gasteiger partial charge in [-0.25, -0.2) is 4.39 Å². The minimum absolute atomic E-state index is 0.119. The van der Waals surface area contributed by atoms with E-state index in [2.05, 4.69) is 5.32 Å². The normalized spacial score (nSPS) is 12.2. The van der Waals surface area contributed by atoms with Gasteiger partial charge in [0.1, 0.15) is 5.82 Å². The molecule has 2 N–H and O–H groups in total. The molecule has 0 aliphatic carbocycles. The molecule has 0 heterocycles. The Balaban J connectivity index is 2.68. The van der Waals surface area contributed by atoms with Crippen molar-refractivity contribution in [2.24, 2.45) is 0 Å². The molecule has 7 heteroatoms. The fourth-order valence-corrected chi connectivity index (χ4v) is 1.27. The van der Waals surface area contributed by atoms with E-state index in [9.17, 15) is 19.6 Å². The number of rotatable bonds is 6. The minimum Gasteiger partial charge on any atom is -0.389 e. The number of non-ortho nitro benzene ring substituents is 1. The highest BCUT2D eigenvalue weighted by Gasteiger charge is 2.10. The Morgan fingerprint density at radius 2 is 2.29 bits per heavy atom. The van der Waals surface area contributed by atoms with Crippen LogP contribution in [-0.4, -0.2) is 36.4 Å². The Bertz CT molecular complexity index is 400. The first kappa shape index (κ1) is 13.3. The van der Waals surface area contributed by atoms with Crippen LogP contribution in [-0.2, 0) is 4.74 Å². The molecule has 1 atom stereocenters. The topological polar surface area (TPSA) is 84.6 Å². The molecule has 0 aliphatic rings. The maximum absolute atomic E-state index is 13.0. The molecular formula is C10H13FN2O4. The molecule has 1 rings (SSSR count). The van der Waals surface area contributed by atoms with Crippen LogP contribution in [0.5, 0.6) is 0 Å². The van der Waals surface area contributed by atoms with Crippen molar-refractivity contribution in [1.29, 1.82) is 0 Å². The highest BCUT2D eigenvalue weighted by Crippen LogP contribution is 2.19. The zero-order valence-electron chi connectivity index (χ0n) is 9.22. The molecule has 17 heavy (non-hydrogen) atoms. The first-order valence-corrected chi connectivity index (χ1v) is 4.88. The maximum atomic E-state index is 13.0. The second kappa shape index (κ2) is 6.12. The van der Waals surface area contributed by atoms with Crippen LogP contribution >= 0.6 is 0 Å². The molecule has 1 aromatic rings. The third-order valence-electron chi connectivity index (χ3n) is 1.99.